The van der Waals surface area contributed by atoms with Gasteiger partial charge < -0.3 is 10.0 Å². The van der Waals surface area contributed by atoms with Crippen LogP contribution in [0.4, 0.5) is 5.69 Å². The Kier molecular flexibility index (Phi) is 5.21. The van der Waals surface area contributed by atoms with Crippen LogP contribution in [0.1, 0.15) is 43.7 Å². The number of pyridine rings is 1. The highest BCUT2D eigenvalue weighted by atomic mass is 35.5. The zero-order chi connectivity index (χ0) is 15.4. The number of hydrogen-bond donors (Lipinski definition) is 1. The van der Waals surface area contributed by atoms with Gasteiger partial charge in [-0.25, -0.2) is 0 Å². The Morgan fingerprint density at radius 2 is 2.05 bits per heavy atom. The van der Waals surface area contributed by atoms with Gasteiger partial charge in [0.1, 0.15) is 0 Å². The van der Waals surface area contributed by atoms with Crippen molar-refractivity contribution in [2.45, 2.75) is 32.4 Å². The lowest BCUT2D eigenvalue weighted by Crippen LogP contribution is -2.21. The second kappa shape index (κ2) is 6.92. The molecule has 0 radical (unpaired) electrons. The van der Waals surface area contributed by atoms with E-state index in [4.69, 9.17) is 11.6 Å². The van der Waals surface area contributed by atoms with Gasteiger partial charge in [-0.1, -0.05) is 30.7 Å². The molecular weight excluding hydrogens is 284 g/mol. The lowest BCUT2D eigenvalue weighted by atomic mass is 10.1. The summed E-state index contributed by atoms with van der Waals surface area (Å²) in [6, 6.07) is 11.9. The molecule has 1 unspecified atom stereocenters. The maximum atomic E-state index is 9.79. The van der Waals surface area contributed by atoms with Crippen molar-refractivity contribution in [3.8, 4) is 0 Å². The number of nitrogens with zero attached hydrogens (tertiary/aromatic N) is 2. The summed E-state index contributed by atoms with van der Waals surface area (Å²) in [6.07, 6.45) is 1.98. The minimum atomic E-state index is -0.491. The molecule has 0 fully saturated rings. The van der Waals surface area contributed by atoms with E-state index in [0.717, 1.165) is 16.3 Å². The molecule has 0 amide bonds. The zero-order valence-electron chi connectivity index (χ0n) is 12.6. The Labute approximate surface area is 131 Å². The van der Waals surface area contributed by atoms with Crippen molar-refractivity contribution in [2.75, 3.05) is 11.9 Å². The molecule has 2 atom stereocenters. The fraction of sp³-hybridized carbons (Fsp3) is 0.353. The van der Waals surface area contributed by atoms with E-state index in [-0.39, 0.29) is 6.04 Å². The minimum Gasteiger partial charge on any atom is -0.387 e. The lowest BCUT2D eigenvalue weighted by Gasteiger charge is -2.27. The number of rotatable bonds is 5. The highest BCUT2D eigenvalue weighted by molar-refractivity contribution is 6.30. The minimum absolute atomic E-state index is 0.187. The number of benzene rings is 1. The third-order valence-electron chi connectivity index (χ3n) is 3.82. The number of hydrogen-bond acceptors (Lipinski definition) is 3. The van der Waals surface area contributed by atoms with Crippen molar-refractivity contribution in [1.29, 1.82) is 0 Å². The van der Waals surface area contributed by atoms with Crippen LogP contribution in [0.25, 0.3) is 0 Å². The molecule has 112 valence electrons. The SMILES string of the molecule is CC[C@H](O)c1ccc(N(C)C(C)c2cccc(Cl)c2)cn1. The van der Waals surface area contributed by atoms with Gasteiger partial charge in [-0.2, -0.15) is 0 Å². The highest BCUT2D eigenvalue weighted by Gasteiger charge is 2.14. The van der Waals surface area contributed by atoms with E-state index in [1.165, 1.54) is 0 Å². The van der Waals surface area contributed by atoms with Crippen LogP contribution in [-0.2, 0) is 0 Å². The van der Waals surface area contributed by atoms with Crippen LogP contribution in [-0.4, -0.2) is 17.1 Å². The summed E-state index contributed by atoms with van der Waals surface area (Å²) < 4.78 is 0. The average molecular weight is 305 g/mol. The first-order valence-corrected chi connectivity index (χ1v) is 7.53. The molecule has 1 heterocycles. The number of anilines is 1. The van der Waals surface area contributed by atoms with Crippen LogP contribution in [0.5, 0.6) is 0 Å². The summed E-state index contributed by atoms with van der Waals surface area (Å²) in [5, 5.41) is 10.5. The largest absolute Gasteiger partial charge is 0.387 e. The van der Waals surface area contributed by atoms with E-state index < -0.39 is 6.10 Å². The molecule has 1 N–H and O–H groups in total. The molecule has 2 rings (SSSR count). The van der Waals surface area contributed by atoms with Crippen molar-refractivity contribution >= 4 is 17.3 Å². The molecule has 1 aromatic heterocycles. The number of halogens is 1. The molecule has 2 aromatic rings. The Bertz CT molecular complexity index is 586. The number of aliphatic hydroxyl groups is 1. The van der Waals surface area contributed by atoms with Crippen molar-refractivity contribution in [1.82, 2.24) is 4.98 Å². The van der Waals surface area contributed by atoms with Gasteiger partial charge in [0.15, 0.2) is 0 Å². The lowest BCUT2D eigenvalue weighted by molar-refractivity contribution is 0.169. The summed E-state index contributed by atoms with van der Waals surface area (Å²) >= 11 is 6.05. The third kappa shape index (κ3) is 3.74. The molecule has 0 saturated heterocycles. The van der Waals surface area contributed by atoms with Gasteiger partial charge in [-0.05, 0) is 43.2 Å². The van der Waals surface area contributed by atoms with E-state index in [2.05, 4.69) is 22.9 Å². The normalized spacial score (nSPS) is 13.8. The Hall–Kier alpha value is -1.58. The van der Waals surface area contributed by atoms with E-state index in [1.54, 1.807) is 6.20 Å². The molecule has 4 heteroatoms. The third-order valence-corrected chi connectivity index (χ3v) is 4.05. The van der Waals surface area contributed by atoms with E-state index in [9.17, 15) is 5.11 Å². The van der Waals surface area contributed by atoms with Crippen molar-refractivity contribution in [3.05, 3.63) is 58.9 Å². The van der Waals surface area contributed by atoms with E-state index >= 15 is 0 Å². The Morgan fingerprint density at radius 3 is 2.62 bits per heavy atom. The number of aliphatic hydroxyl groups excluding tert-OH is 1. The highest BCUT2D eigenvalue weighted by Crippen LogP contribution is 2.27. The number of aromatic nitrogens is 1. The maximum Gasteiger partial charge on any atom is 0.0957 e. The summed E-state index contributed by atoms with van der Waals surface area (Å²) in [4.78, 5) is 6.49. The molecule has 0 spiro atoms. The van der Waals surface area contributed by atoms with Gasteiger partial charge in [-0.3, -0.25) is 4.98 Å². The maximum absolute atomic E-state index is 9.79. The monoisotopic (exact) mass is 304 g/mol. The molecule has 0 aliphatic rings. The zero-order valence-corrected chi connectivity index (χ0v) is 13.4. The molecular formula is C17H21ClN2O. The van der Waals surface area contributed by atoms with Gasteiger partial charge in [0, 0.05) is 12.1 Å². The van der Waals surface area contributed by atoms with Gasteiger partial charge in [0.2, 0.25) is 0 Å². The van der Waals surface area contributed by atoms with Crippen LogP contribution in [0.15, 0.2) is 42.6 Å². The van der Waals surface area contributed by atoms with Crippen molar-refractivity contribution in [3.63, 3.8) is 0 Å². The molecule has 0 aliphatic heterocycles. The quantitative estimate of drug-likeness (QED) is 0.890. The summed E-state index contributed by atoms with van der Waals surface area (Å²) in [5.41, 5.74) is 2.88. The molecule has 0 bridgehead atoms. The molecule has 3 nitrogen and oxygen atoms in total. The van der Waals surface area contributed by atoms with Crippen molar-refractivity contribution in [2.24, 2.45) is 0 Å². The van der Waals surface area contributed by atoms with Crippen LogP contribution in [0.3, 0.4) is 0 Å². The second-order valence-electron chi connectivity index (χ2n) is 5.21. The first-order chi connectivity index (χ1) is 10.0. The predicted molar refractivity (Wildman–Crippen MR) is 87.8 cm³/mol. The smallest absolute Gasteiger partial charge is 0.0957 e. The predicted octanol–water partition coefficient (Wildman–Crippen LogP) is 4.38. The van der Waals surface area contributed by atoms with Crippen LogP contribution >= 0.6 is 11.6 Å². The van der Waals surface area contributed by atoms with Gasteiger partial charge >= 0.3 is 0 Å². The Morgan fingerprint density at radius 1 is 1.29 bits per heavy atom. The molecule has 0 saturated carbocycles. The van der Waals surface area contributed by atoms with Crippen LogP contribution in [0, 0.1) is 0 Å². The fourth-order valence-corrected chi connectivity index (χ4v) is 2.42. The van der Waals surface area contributed by atoms with Gasteiger partial charge in [0.25, 0.3) is 0 Å². The molecule has 21 heavy (non-hydrogen) atoms. The second-order valence-corrected chi connectivity index (χ2v) is 5.64. The average Bonchev–Trinajstić information content (AvgIpc) is 2.53. The standard InChI is InChI=1S/C17H21ClN2O/c1-4-17(21)16-9-8-15(11-19-16)20(3)12(2)13-6-5-7-14(18)10-13/h5-12,17,21H,4H2,1-3H3/t12?,17-/m0/s1. The first kappa shape index (κ1) is 15.8. The first-order valence-electron chi connectivity index (χ1n) is 7.15. The van der Waals surface area contributed by atoms with Gasteiger partial charge in [0.05, 0.1) is 29.7 Å². The van der Waals surface area contributed by atoms with Crippen LogP contribution in [0.2, 0.25) is 5.02 Å². The fourth-order valence-electron chi connectivity index (χ4n) is 2.23. The Balaban J connectivity index is 2.17. The summed E-state index contributed by atoms with van der Waals surface area (Å²) in [6.45, 7) is 4.06. The van der Waals surface area contributed by atoms with Gasteiger partial charge in [-0.15, -0.1) is 0 Å². The van der Waals surface area contributed by atoms with E-state index in [0.29, 0.717) is 12.1 Å². The van der Waals surface area contributed by atoms with E-state index in [1.807, 2.05) is 44.3 Å². The molecule has 0 aliphatic carbocycles. The molecule has 1 aromatic carbocycles. The topological polar surface area (TPSA) is 36.4 Å². The van der Waals surface area contributed by atoms with Crippen LogP contribution < -0.4 is 4.90 Å². The summed E-state index contributed by atoms with van der Waals surface area (Å²) in [5.74, 6) is 0. The summed E-state index contributed by atoms with van der Waals surface area (Å²) in [7, 11) is 2.03. The van der Waals surface area contributed by atoms with Crippen molar-refractivity contribution < 1.29 is 5.11 Å².